The van der Waals surface area contributed by atoms with E-state index in [0.717, 1.165) is 10.0 Å². The lowest BCUT2D eigenvalue weighted by Crippen LogP contribution is -2.24. The summed E-state index contributed by atoms with van der Waals surface area (Å²) in [6.07, 6.45) is 4.32. The van der Waals surface area contributed by atoms with Crippen molar-refractivity contribution < 1.29 is 14.3 Å². The van der Waals surface area contributed by atoms with Crippen LogP contribution in [0.1, 0.15) is 11.1 Å². The van der Waals surface area contributed by atoms with Gasteiger partial charge < -0.3 is 10.5 Å². The van der Waals surface area contributed by atoms with E-state index in [1.807, 2.05) is 30.3 Å². The quantitative estimate of drug-likeness (QED) is 0.271. The molecular formula is C17H14BrN3O3. The van der Waals surface area contributed by atoms with Gasteiger partial charge in [-0.05, 0) is 29.8 Å². The average molecular weight is 388 g/mol. The Hall–Kier alpha value is -2.93. The lowest BCUT2D eigenvalue weighted by atomic mass is 10.2. The largest absolute Gasteiger partial charge is 0.423 e. The fourth-order valence-electron chi connectivity index (χ4n) is 1.75. The van der Waals surface area contributed by atoms with Crippen LogP contribution in [0.5, 0.6) is 5.75 Å². The van der Waals surface area contributed by atoms with Gasteiger partial charge in [-0.15, -0.1) is 0 Å². The second kappa shape index (κ2) is 8.64. The number of carbonyl (C=O) groups excluding carboxylic acids is 2. The highest BCUT2D eigenvalue weighted by Crippen LogP contribution is 2.22. The summed E-state index contributed by atoms with van der Waals surface area (Å²) in [5.74, 6) is -0.227. The van der Waals surface area contributed by atoms with Gasteiger partial charge in [0.2, 0.25) is 0 Å². The summed E-state index contributed by atoms with van der Waals surface area (Å²) in [4.78, 5) is 22.6. The van der Waals surface area contributed by atoms with Gasteiger partial charge in [0.1, 0.15) is 5.75 Å². The van der Waals surface area contributed by atoms with E-state index in [-0.39, 0.29) is 0 Å². The third-order valence-electron chi connectivity index (χ3n) is 2.77. The number of nitrogens with two attached hydrogens (primary N) is 1. The molecule has 0 spiro atoms. The van der Waals surface area contributed by atoms with Crippen LogP contribution in [0.25, 0.3) is 6.08 Å². The van der Waals surface area contributed by atoms with Crippen LogP contribution in [0.15, 0.2) is 64.2 Å². The second-order valence-corrected chi connectivity index (χ2v) is 5.50. The van der Waals surface area contributed by atoms with E-state index in [2.05, 4.69) is 26.5 Å². The molecule has 0 aromatic heterocycles. The first-order valence-corrected chi connectivity index (χ1v) is 7.67. The molecule has 0 bridgehead atoms. The third-order valence-corrected chi connectivity index (χ3v) is 3.27. The number of rotatable bonds is 5. The molecule has 0 atom stereocenters. The number of carbonyl (C=O) groups is 2. The minimum Gasteiger partial charge on any atom is -0.423 e. The van der Waals surface area contributed by atoms with E-state index >= 15 is 0 Å². The third kappa shape index (κ3) is 5.69. The predicted octanol–water partition coefficient (Wildman–Crippen LogP) is 3.07. The first kappa shape index (κ1) is 17.4. The van der Waals surface area contributed by atoms with E-state index in [4.69, 9.17) is 10.5 Å². The molecule has 6 nitrogen and oxygen atoms in total. The number of nitrogens with zero attached hydrogens (tertiary/aromatic N) is 1. The van der Waals surface area contributed by atoms with E-state index in [0.29, 0.717) is 11.3 Å². The molecule has 24 heavy (non-hydrogen) atoms. The van der Waals surface area contributed by atoms with Crippen LogP contribution < -0.4 is 15.9 Å². The normalized spacial score (nSPS) is 10.9. The minimum absolute atomic E-state index is 0.302. The van der Waals surface area contributed by atoms with Crippen molar-refractivity contribution in [1.29, 1.82) is 0 Å². The Balaban J connectivity index is 2.10. The van der Waals surface area contributed by atoms with Gasteiger partial charge in [-0.3, -0.25) is 0 Å². The number of urea groups is 1. The fourth-order valence-corrected chi connectivity index (χ4v) is 2.13. The van der Waals surface area contributed by atoms with Gasteiger partial charge in [0.25, 0.3) is 0 Å². The summed E-state index contributed by atoms with van der Waals surface area (Å²) in [6, 6.07) is 13.6. The van der Waals surface area contributed by atoms with Crippen LogP contribution in [-0.4, -0.2) is 18.2 Å². The summed E-state index contributed by atoms with van der Waals surface area (Å²) in [7, 11) is 0. The Labute approximate surface area is 147 Å². The number of benzene rings is 2. The zero-order chi connectivity index (χ0) is 17.4. The number of hydrazone groups is 1. The molecule has 0 fully saturated rings. The van der Waals surface area contributed by atoms with Crippen molar-refractivity contribution in [3.63, 3.8) is 0 Å². The molecule has 2 amide bonds. The molecule has 0 aliphatic heterocycles. The van der Waals surface area contributed by atoms with Crippen molar-refractivity contribution in [1.82, 2.24) is 5.43 Å². The van der Waals surface area contributed by atoms with Crippen molar-refractivity contribution in [2.24, 2.45) is 10.8 Å². The van der Waals surface area contributed by atoms with E-state index < -0.39 is 12.0 Å². The Kier molecular flexibility index (Phi) is 6.27. The van der Waals surface area contributed by atoms with E-state index in [9.17, 15) is 9.59 Å². The molecule has 2 rings (SSSR count). The fraction of sp³-hybridized carbons (Fsp3) is 0. The van der Waals surface area contributed by atoms with Gasteiger partial charge in [-0.25, -0.2) is 15.0 Å². The van der Waals surface area contributed by atoms with Crippen molar-refractivity contribution >= 4 is 40.2 Å². The Bertz CT molecular complexity index is 789. The summed E-state index contributed by atoms with van der Waals surface area (Å²) in [5, 5.41) is 3.66. The highest BCUT2D eigenvalue weighted by atomic mass is 79.9. The molecular weight excluding hydrogens is 374 g/mol. The van der Waals surface area contributed by atoms with Crippen LogP contribution >= 0.6 is 15.9 Å². The molecule has 3 N–H and O–H groups in total. The van der Waals surface area contributed by atoms with Gasteiger partial charge in [0, 0.05) is 16.1 Å². The number of amides is 2. The van der Waals surface area contributed by atoms with Crippen LogP contribution in [0.3, 0.4) is 0 Å². The highest BCUT2D eigenvalue weighted by molar-refractivity contribution is 9.10. The number of hydrogen-bond donors (Lipinski definition) is 2. The van der Waals surface area contributed by atoms with Gasteiger partial charge in [0.05, 0.1) is 6.21 Å². The lowest BCUT2D eigenvalue weighted by molar-refractivity contribution is -0.128. The molecule has 0 saturated carbocycles. The van der Waals surface area contributed by atoms with Gasteiger partial charge in [0.15, 0.2) is 0 Å². The van der Waals surface area contributed by atoms with Gasteiger partial charge in [-0.2, -0.15) is 5.10 Å². The molecule has 7 heteroatoms. The average Bonchev–Trinajstić information content (AvgIpc) is 2.56. The van der Waals surface area contributed by atoms with Crippen molar-refractivity contribution in [2.75, 3.05) is 0 Å². The first-order valence-electron chi connectivity index (χ1n) is 6.87. The molecule has 122 valence electrons. The minimum atomic E-state index is -0.786. The van der Waals surface area contributed by atoms with Gasteiger partial charge >= 0.3 is 12.0 Å². The smallest absolute Gasteiger partial charge is 0.336 e. The summed E-state index contributed by atoms with van der Waals surface area (Å²) >= 11 is 3.32. The molecule has 0 unspecified atom stereocenters. The van der Waals surface area contributed by atoms with Crippen LogP contribution in [0, 0.1) is 0 Å². The maximum absolute atomic E-state index is 11.9. The summed E-state index contributed by atoms with van der Waals surface area (Å²) in [5.41, 5.74) is 8.40. The van der Waals surface area contributed by atoms with Crippen molar-refractivity contribution in [3.8, 4) is 5.75 Å². The van der Waals surface area contributed by atoms with Crippen LogP contribution in [-0.2, 0) is 4.79 Å². The number of halogens is 1. The molecule has 2 aromatic rings. The highest BCUT2D eigenvalue weighted by Gasteiger charge is 2.07. The second-order valence-electron chi connectivity index (χ2n) is 4.58. The zero-order valence-electron chi connectivity index (χ0n) is 12.5. The molecule has 2 aromatic carbocycles. The molecule has 0 aliphatic rings. The maximum atomic E-state index is 11.9. The maximum Gasteiger partial charge on any atom is 0.336 e. The van der Waals surface area contributed by atoms with Crippen LogP contribution in [0.2, 0.25) is 0 Å². The Morgan fingerprint density at radius 2 is 1.92 bits per heavy atom. The predicted molar refractivity (Wildman–Crippen MR) is 95.6 cm³/mol. The number of ether oxygens (including phenoxy) is 1. The standard InChI is InChI=1S/C17H14BrN3O3/c18-14-7-8-15(13(10-14)11-20-21-17(19)23)24-16(22)9-6-12-4-2-1-3-5-12/h1-11H,(H3,19,21,23). The van der Waals surface area contributed by atoms with E-state index in [1.165, 1.54) is 12.3 Å². The first-order chi connectivity index (χ1) is 11.5. The molecule has 0 saturated heterocycles. The number of hydrogen-bond acceptors (Lipinski definition) is 4. The summed E-state index contributed by atoms with van der Waals surface area (Å²) < 4.78 is 6.06. The summed E-state index contributed by atoms with van der Waals surface area (Å²) in [6.45, 7) is 0. The molecule has 0 heterocycles. The monoisotopic (exact) mass is 387 g/mol. The van der Waals surface area contributed by atoms with E-state index in [1.54, 1.807) is 24.3 Å². The van der Waals surface area contributed by atoms with Gasteiger partial charge in [-0.1, -0.05) is 46.3 Å². The van der Waals surface area contributed by atoms with Crippen LogP contribution in [0.4, 0.5) is 4.79 Å². The topological polar surface area (TPSA) is 93.8 Å². The Morgan fingerprint density at radius 3 is 2.62 bits per heavy atom. The van der Waals surface area contributed by atoms with Crippen molar-refractivity contribution in [3.05, 3.63) is 70.2 Å². The molecule has 0 aliphatic carbocycles. The van der Waals surface area contributed by atoms with Crippen molar-refractivity contribution in [2.45, 2.75) is 0 Å². The number of nitrogens with one attached hydrogen (secondary N) is 1. The Morgan fingerprint density at radius 1 is 1.17 bits per heavy atom. The zero-order valence-corrected chi connectivity index (χ0v) is 14.1. The number of esters is 1. The lowest BCUT2D eigenvalue weighted by Gasteiger charge is -2.06. The number of primary amides is 1. The molecule has 0 radical (unpaired) electrons. The SMILES string of the molecule is NC(=O)NN=Cc1cc(Br)ccc1OC(=O)C=Cc1ccccc1.